The molecule has 1 heterocycles. The summed E-state index contributed by atoms with van der Waals surface area (Å²) in [6.07, 6.45) is 3.94. The molecule has 0 saturated heterocycles. The third-order valence-corrected chi connectivity index (χ3v) is 4.52. The van der Waals surface area contributed by atoms with Crippen molar-refractivity contribution < 1.29 is 4.74 Å². The molecule has 2 rings (SSSR count). The number of guanidine groups is 1. The van der Waals surface area contributed by atoms with Gasteiger partial charge in [-0.25, -0.2) is 0 Å². The maximum Gasteiger partial charge on any atom is 0.193 e. The smallest absolute Gasteiger partial charge is 0.193 e. The highest BCUT2D eigenvalue weighted by Crippen LogP contribution is 2.17. The molecule has 1 N–H and O–H groups in total. The molecule has 1 aromatic heterocycles. The summed E-state index contributed by atoms with van der Waals surface area (Å²) < 4.78 is 7.58. The number of aryl methyl sites for hydroxylation is 1. The highest BCUT2D eigenvalue weighted by atomic mass is 127. The van der Waals surface area contributed by atoms with E-state index in [1.54, 1.807) is 7.05 Å². The van der Waals surface area contributed by atoms with Crippen molar-refractivity contribution in [1.29, 1.82) is 0 Å². The standard InChI is InChI=1S/C19H29ClN6O.HI/c1-21-19(22-13-18(24(2)3)15-12-23-26(5)14-15)25(4)10-11-27-17-8-6-16(20)7-9-17;/h6-9,12,14,18H,10-11,13H2,1-5H3,(H,21,22);1H. The van der Waals surface area contributed by atoms with Crippen molar-refractivity contribution in [2.24, 2.45) is 12.0 Å². The van der Waals surface area contributed by atoms with E-state index in [1.165, 1.54) is 5.56 Å². The summed E-state index contributed by atoms with van der Waals surface area (Å²) in [6, 6.07) is 7.58. The minimum atomic E-state index is 0. The topological polar surface area (TPSA) is 57.9 Å². The summed E-state index contributed by atoms with van der Waals surface area (Å²) in [7, 11) is 9.83. The first-order chi connectivity index (χ1) is 12.9. The Morgan fingerprint density at radius 1 is 1.29 bits per heavy atom. The third-order valence-electron chi connectivity index (χ3n) is 4.27. The van der Waals surface area contributed by atoms with Gasteiger partial charge >= 0.3 is 0 Å². The van der Waals surface area contributed by atoms with Crippen molar-refractivity contribution in [3.63, 3.8) is 0 Å². The van der Waals surface area contributed by atoms with Gasteiger partial charge in [-0.1, -0.05) is 11.6 Å². The van der Waals surface area contributed by atoms with E-state index in [0.29, 0.717) is 18.2 Å². The first-order valence-corrected chi connectivity index (χ1v) is 9.23. The van der Waals surface area contributed by atoms with Gasteiger partial charge < -0.3 is 19.9 Å². The maximum atomic E-state index is 5.89. The van der Waals surface area contributed by atoms with Crippen molar-refractivity contribution in [3.05, 3.63) is 47.2 Å². The maximum absolute atomic E-state index is 5.89. The SMILES string of the molecule is CN=C(NCC(c1cnn(C)c1)N(C)C)N(C)CCOc1ccc(Cl)cc1.I. The molecule has 0 saturated carbocycles. The molecule has 0 aliphatic rings. The van der Waals surface area contributed by atoms with Gasteiger partial charge in [-0.2, -0.15) is 5.10 Å². The van der Waals surface area contributed by atoms with Crippen molar-refractivity contribution in [2.75, 3.05) is 47.9 Å². The number of aliphatic imine (C=N–C) groups is 1. The van der Waals surface area contributed by atoms with Crippen LogP contribution in [-0.4, -0.2) is 73.4 Å². The molecule has 1 atom stereocenters. The summed E-state index contributed by atoms with van der Waals surface area (Å²) in [5, 5.41) is 8.41. The van der Waals surface area contributed by atoms with Gasteiger partial charge in [-0.15, -0.1) is 24.0 Å². The zero-order valence-corrected chi connectivity index (χ0v) is 20.2. The minimum Gasteiger partial charge on any atom is -0.492 e. The largest absolute Gasteiger partial charge is 0.492 e. The molecule has 0 radical (unpaired) electrons. The predicted molar refractivity (Wildman–Crippen MR) is 126 cm³/mol. The van der Waals surface area contributed by atoms with Gasteiger partial charge in [0.1, 0.15) is 12.4 Å². The number of likely N-dealkylation sites (N-methyl/N-ethyl adjacent to an activating group) is 2. The fraction of sp³-hybridized carbons (Fsp3) is 0.474. The molecule has 0 aliphatic carbocycles. The van der Waals surface area contributed by atoms with Gasteiger partial charge in [0.25, 0.3) is 0 Å². The number of benzene rings is 1. The van der Waals surface area contributed by atoms with Gasteiger partial charge in [0.2, 0.25) is 0 Å². The van der Waals surface area contributed by atoms with Crippen LogP contribution in [0.4, 0.5) is 0 Å². The van der Waals surface area contributed by atoms with Crippen LogP contribution in [0.3, 0.4) is 0 Å². The fourth-order valence-electron chi connectivity index (χ4n) is 2.72. The molecular formula is C19H30ClIN6O. The second kappa shape index (κ2) is 12.1. The lowest BCUT2D eigenvalue weighted by Crippen LogP contribution is -2.44. The molecule has 9 heteroatoms. The van der Waals surface area contributed by atoms with Crippen molar-refractivity contribution in [2.45, 2.75) is 6.04 Å². The van der Waals surface area contributed by atoms with E-state index in [1.807, 2.05) is 60.3 Å². The molecule has 0 aliphatic heterocycles. The Kier molecular flexibility index (Phi) is 10.6. The summed E-state index contributed by atoms with van der Waals surface area (Å²) >= 11 is 5.89. The first-order valence-electron chi connectivity index (χ1n) is 8.86. The second-order valence-electron chi connectivity index (χ2n) is 6.58. The van der Waals surface area contributed by atoms with Crippen LogP contribution >= 0.6 is 35.6 Å². The van der Waals surface area contributed by atoms with Gasteiger partial charge in [0, 0.05) is 44.5 Å². The monoisotopic (exact) mass is 520 g/mol. The Morgan fingerprint density at radius 2 is 1.96 bits per heavy atom. The normalized spacial score (nSPS) is 12.5. The Hall–Kier alpha value is -1.52. The molecule has 1 unspecified atom stereocenters. The Balaban J connectivity index is 0.00000392. The fourth-order valence-corrected chi connectivity index (χ4v) is 2.85. The van der Waals surface area contributed by atoms with E-state index in [0.717, 1.165) is 18.3 Å². The summed E-state index contributed by atoms with van der Waals surface area (Å²) in [5.41, 5.74) is 1.17. The van der Waals surface area contributed by atoms with Crippen molar-refractivity contribution in [1.82, 2.24) is 24.9 Å². The number of ether oxygens (including phenoxy) is 1. The number of rotatable bonds is 8. The molecule has 156 valence electrons. The van der Waals surface area contributed by atoms with Crippen molar-refractivity contribution >= 4 is 41.5 Å². The van der Waals surface area contributed by atoms with Gasteiger partial charge in [0.05, 0.1) is 18.8 Å². The zero-order chi connectivity index (χ0) is 19.8. The van der Waals surface area contributed by atoms with Crippen LogP contribution in [0.15, 0.2) is 41.7 Å². The number of aromatic nitrogens is 2. The third kappa shape index (κ3) is 7.48. The lowest BCUT2D eigenvalue weighted by atomic mass is 10.1. The highest BCUT2D eigenvalue weighted by molar-refractivity contribution is 14.0. The molecule has 0 fully saturated rings. The van der Waals surface area contributed by atoms with E-state index in [2.05, 4.69) is 34.4 Å². The van der Waals surface area contributed by atoms with Gasteiger partial charge in [0.15, 0.2) is 5.96 Å². The van der Waals surface area contributed by atoms with E-state index in [4.69, 9.17) is 16.3 Å². The van der Waals surface area contributed by atoms with Crippen molar-refractivity contribution in [3.8, 4) is 5.75 Å². The molecular weight excluding hydrogens is 491 g/mol. The van der Waals surface area contributed by atoms with Crippen LogP contribution in [0.2, 0.25) is 5.02 Å². The first kappa shape index (κ1) is 24.5. The lowest BCUT2D eigenvalue weighted by molar-refractivity contribution is 0.275. The van der Waals surface area contributed by atoms with Crippen LogP contribution in [0.1, 0.15) is 11.6 Å². The summed E-state index contributed by atoms with van der Waals surface area (Å²) in [6.45, 7) is 1.99. The number of halogens is 2. The second-order valence-corrected chi connectivity index (χ2v) is 7.02. The van der Waals surface area contributed by atoms with Gasteiger partial charge in [-0.05, 0) is 38.4 Å². The lowest BCUT2D eigenvalue weighted by Gasteiger charge is -2.27. The molecule has 0 amide bonds. The average molecular weight is 521 g/mol. The van der Waals surface area contributed by atoms with E-state index >= 15 is 0 Å². The zero-order valence-electron chi connectivity index (χ0n) is 17.1. The quantitative estimate of drug-likeness (QED) is 0.330. The number of hydrogen-bond donors (Lipinski definition) is 1. The van der Waals surface area contributed by atoms with Crippen LogP contribution in [0.5, 0.6) is 5.75 Å². The Labute approximate surface area is 189 Å². The minimum absolute atomic E-state index is 0. The number of hydrogen-bond acceptors (Lipinski definition) is 4. The molecule has 1 aromatic carbocycles. The number of nitrogens with one attached hydrogen (secondary N) is 1. The predicted octanol–water partition coefficient (Wildman–Crippen LogP) is 2.88. The van der Waals surface area contributed by atoms with E-state index < -0.39 is 0 Å². The highest BCUT2D eigenvalue weighted by Gasteiger charge is 2.17. The molecule has 0 spiro atoms. The summed E-state index contributed by atoms with van der Waals surface area (Å²) in [4.78, 5) is 8.59. The molecule has 7 nitrogen and oxygen atoms in total. The van der Waals surface area contributed by atoms with Crippen LogP contribution in [0, 0.1) is 0 Å². The van der Waals surface area contributed by atoms with Crippen LogP contribution in [0.25, 0.3) is 0 Å². The molecule has 0 bridgehead atoms. The number of nitrogens with zero attached hydrogens (tertiary/aromatic N) is 5. The van der Waals surface area contributed by atoms with E-state index in [9.17, 15) is 0 Å². The Bertz CT molecular complexity index is 734. The van der Waals surface area contributed by atoms with Crippen LogP contribution in [-0.2, 0) is 7.05 Å². The molecule has 2 aromatic rings. The Morgan fingerprint density at radius 3 is 2.50 bits per heavy atom. The summed E-state index contributed by atoms with van der Waals surface area (Å²) in [5.74, 6) is 1.63. The molecule has 28 heavy (non-hydrogen) atoms. The van der Waals surface area contributed by atoms with E-state index in [-0.39, 0.29) is 30.0 Å². The van der Waals surface area contributed by atoms with Gasteiger partial charge in [-0.3, -0.25) is 9.67 Å². The average Bonchev–Trinajstić information content (AvgIpc) is 3.06. The van der Waals surface area contributed by atoms with Crippen LogP contribution < -0.4 is 10.1 Å².